The Morgan fingerprint density at radius 2 is 2.00 bits per heavy atom. The molecule has 3 aromatic rings. The third-order valence-electron chi connectivity index (χ3n) is 3.61. The van der Waals surface area contributed by atoms with Crippen molar-refractivity contribution in [3.63, 3.8) is 0 Å². The van der Waals surface area contributed by atoms with E-state index in [0.29, 0.717) is 29.4 Å². The van der Waals surface area contributed by atoms with Gasteiger partial charge in [0.25, 0.3) is 5.91 Å². The minimum absolute atomic E-state index is 0.197. The molecular formula is C16H19N7O2. The molecule has 0 unspecified atom stereocenters. The first-order valence-electron chi connectivity index (χ1n) is 8.01. The third-order valence-corrected chi connectivity index (χ3v) is 3.61. The van der Waals surface area contributed by atoms with E-state index in [1.165, 1.54) is 0 Å². The van der Waals surface area contributed by atoms with Crippen LogP contribution in [0.3, 0.4) is 0 Å². The second-order valence-electron chi connectivity index (χ2n) is 5.26. The number of hydrogen-bond donors (Lipinski definition) is 1. The summed E-state index contributed by atoms with van der Waals surface area (Å²) < 4.78 is 9.07. The summed E-state index contributed by atoms with van der Waals surface area (Å²) in [5, 5.41) is 18.3. The predicted octanol–water partition coefficient (Wildman–Crippen LogP) is 1.74. The van der Waals surface area contributed by atoms with Crippen molar-refractivity contribution in [2.45, 2.75) is 33.5 Å². The molecule has 0 spiro atoms. The summed E-state index contributed by atoms with van der Waals surface area (Å²) in [4.78, 5) is 12.2. The van der Waals surface area contributed by atoms with Crippen molar-refractivity contribution in [2.75, 3.05) is 5.32 Å². The lowest BCUT2D eigenvalue weighted by molar-refractivity contribution is 0.102. The van der Waals surface area contributed by atoms with Crippen LogP contribution in [0.25, 0.3) is 0 Å². The number of tetrazole rings is 1. The van der Waals surface area contributed by atoms with E-state index >= 15 is 0 Å². The molecule has 1 amide bonds. The van der Waals surface area contributed by atoms with Crippen LogP contribution < -0.4 is 10.1 Å². The molecule has 9 nitrogen and oxygen atoms in total. The molecule has 0 bridgehead atoms. The largest absolute Gasteiger partial charge is 0.486 e. The lowest BCUT2D eigenvalue weighted by atomic mass is 10.2. The summed E-state index contributed by atoms with van der Waals surface area (Å²) >= 11 is 0. The van der Waals surface area contributed by atoms with E-state index in [1.54, 1.807) is 46.0 Å². The Morgan fingerprint density at radius 3 is 2.68 bits per heavy atom. The van der Waals surface area contributed by atoms with Crippen LogP contribution in [-0.2, 0) is 19.7 Å². The van der Waals surface area contributed by atoms with Gasteiger partial charge in [-0.05, 0) is 48.5 Å². The van der Waals surface area contributed by atoms with Gasteiger partial charge >= 0.3 is 0 Å². The van der Waals surface area contributed by atoms with Crippen LogP contribution in [0.15, 0.2) is 36.7 Å². The highest BCUT2D eigenvalue weighted by molar-refractivity contribution is 6.04. The number of hydrogen-bond acceptors (Lipinski definition) is 6. The molecule has 2 aromatic heterocycles. The highest BCUT2D eigenvalue weighted by atomic mass is 16.5. The number of aryl methyl sites for hydroxylation is 2. The molecule has 0 aliphatic heterocycles. The molecule has 25 heavy (non-hydrogen) atoms. The van der Waals surface area contributed by atoms with Gasteiger partial charge in [-0.2, -0.15) is 5.10 Å². The standard InChI is InChI=1S/C16H19N7O2/c1-3-22-10-13(9-17-22)18-16(24)12-5-7-14(8-6-12)25-11-15-19-20-21-23(15)4-2/h5-10H,3-4,11H2,1-2H3,(H,18,24). The van der Waals surface area contributed by atoms with Crippen molar-refractivity contribution in [3.8, 4) is 5.75 Å². The fourth-order valence-electron chi connectivity index (χ4n) is 2.23. The Balaban J connectivity index is 1.58. The summed E-state index contributed by atoms with van der Waals surface area (Å²) in [5.41, 5.74) is 1.20. The number of rotatable bonds is 7. The number of nitrogens with one attached hydrogen (secondary N) is 1. The van der Waals surface area contributed by atoms with Gasteiger partial charge in [0, 0.05) is 24.8 Å². The number of nitrogens with zero attached hydrogens (tertiary/aromatic N) is 6. The summed E-state index contributed by atoms with van der Waals surface area (Å²) in [6, 6.07) is 6.89. The molecule has 0 saturated carbocycles. The van der Waals surface area contributed by atoms with E-state index < -0.39 is 0 Å². The van der Waals surface area contributed by atoms with Gasteiger partial charge in [0.2, 0.25) is 0 Å². The maximum atomic E-state index is 12.2. The first kappa shape index (κ1) is 16.6. The molecule has 3 rings (SSSR count). The van der Waals surface area contributed by atoms with Crippen LogP contribution in [0.2, 0.25) is 0 Å². The van der Waals surface area contributed by atoms with E-state index in [1.807, 2.05) is 13.8 Å². The minimum Gasteiger partial charge on any atom is -0.486 e. The Hall–Kier alpha value is -3.23. The molecule has 1 N–H and O–H groups in total. The molecular weight excluding hydrogens is 322 g/mol. The minimum atomic E-state index is -0.197. The maximum Gasteiger partial charge on any atom is 0.255 e. The summed E-state index contributed by atoms with van der Waals surface area (Å²) in [5.74, 6) is 1.09. The number of ether oxygens (including phenoxy) is 1. The van der Waals surface area contributed by atoms with Crippen LogP contribution in [0, 0.1) is 0 Å². The molecule has 0 saturated heterocycles. The predicted molar refractivity (Wildman–Crippen MR) is 90.1 cm³/mol. The number of aromatic nitrogens is 6. The van der Waals surface area contributed by atoms with E-state index in [4.69, 9.17) is 4.74 Å². The van der Waals surface area contributed by atoms with Gasteiger partial charge in [-0.25, -0.2) is 4.68 Å². The molecule has 0 aliphatic rings. The molecule has 130 valence electrons. The lowest BCUT2D eigenvalue weighted by Gasteiger charge is -2.07. The molecule has 0 aliphatic carbocycles. The summed E-state index contributed by atoms with van der Waals surface area (Å²) in [7, 11) is 0. The van der Waals surface area contributed by atoms with Crippen molar-refractivity contribution < 1.29 is 9.53 Å². The molecule has 0 fully saturated rings. The topological polar surface area (TPSA) is 99.8 Å². The van der Waals surface area contributed by atoms with Crippen LogP contribution in [0.4, 0.5) is 5.69 Å². The van der Waals surface area contributed by atoms with Gasteiger partial charge in [0.1, 0.15) is 12.4 Å². The Bertz CT molecular complexity index is 838. The van der Waals surface area contributed by atoms with Crippen molar-refractivity contribution in [1.29, 1.82) is 0 Å². The highest BCUT2D eigenvalue weighted by Gasteiger charge is 2.09. The van der Waals surface area contributed by atoms with Crippen molar-refractivity contribution in [1.82, 2.24) is 30.0 Å². The van der Waals surface area contributed by atoms with Crippen molar-refractivity contribution >= 4 is 11.6 Å². The zero-order valence-electron chi connectivity index (χ0n) is 14.1. The quantitative estimate of drug-likeness (QED) is 0.703. The van der Waals surface area contributed by atoms with Gasteiger partial charge in [-0.15, -0.1) is 5.10 Å². The Morgan fingerprint density at radius 1 is 1.20 bits per heavy atom. The van der Waals surface area contributed by atoms with Crippen LogP contribution in [0.5, 0.6) is 5.75 Å². The average Bonchev–Trinajstić information content (AvgIpc) is 3.29. The molecule has 9 heteroatoms. The van der Waals surface area contributed by atoms with Gasteiger partial charge in [-0.3, -0.25) is 9.48 Å². The van der Waals surface area contributed by atoms with Gasteiger partial charge in [0.15, 0.2) is 5.82 Å². The van der Waals surface area contributed by atoms with E-state index in [-0.39, 0.29) is 12.5 Å². The second kappa shape index (κ2) is 7.56. The Labute approximate surface area is 144 Å². The summed E-state index contributed by atoms with van der Waals surface area (Å²) in [6.07, 6.45) is 3.41. The fourth-order valence-corrected chi connectivity index (χ4v) is 2.23. The first-order chi connectivity index (χ1) is 12.2. The van der Waals surface area contributed by atoms with E-state index in [2.05, 4.69) is 25.9 Å². The van der Waals surface area contributed by atoms with E-state index in [9.17, 15) is 4.79 Å². The average molecular weight is 341 g/mol. The normalized spacial score (nSPS) is 10.6. The first-order valence-corrected chi connectivity index (χ1v) is 8.01. The zero-order chi connectivity index (χ0) is 17.6. The van der Waals surface area contributed by atoms with Crippen LogP contribution >= 0.6 is 0 Å². The molecule has 2 heterocycles. The number of anilines is 1. The summed E-state index contributed by atoms with van der Waals surface area (Å²) in [6.45, 7) is 5.64. The van der Waals surface area contributed by atoms with Crippen molar-refractivity contribution in [3.05, 3.63) is 48.0 Å². The van der Waals surface area contributed by atoms with Crippen LogP contribution in [-0.4, -0.2) is 35.9 Å². The van der Waals surface area contributed by atoms with Crippen LogP contribution in [0.1, 0.15) is 30.0 Å². The maximum absolute atomic E-state index is 12.2. The van der Waals surface area contributed by atoms with Gasteiger partial charge in [-0.1, -0.05) is 0 Å². The lowest BCUT2D eigenvalue weighted by Crippen LogP contribution is -2.11. The van der Waals surface area contributed by atoms with Crippen molar-refractivity contribution in [2.24, 2.45) is 0 Å². The number of benzene rings is 1. The van der Waals surface area contributed by atoms with E-state index in [0.717, 1.165) is 6.54 Å². The number of carbonyl (C=O) groups excluding carboxylic acids is 1. The van der Waals surface area contributed by atoms with Gasteiger partial charge < -0.3 is 10.1 Å². The monoisotopic (exact) mass is 341 g/mol. The Kier molecular flexibility index (Phi) is 5.03. The SMILES string of the molecule is CCn1cc(NC(=O)c2ccc(OCc3nnnn3CC)cc2)cn1. The molecule has 1 aromatic carbocycles. The molecule has 0 atom stereocenters. The van der Waals surface area contributed by atoms with Gasteiger partial charge in [0.05, 0.1) is 11.9 Å². The third kappa shape index (κ3) is 4.00. The highest BCUT2D eigenvalue weighted by Crippen LogP contribution is 2.15. The number of amides is 1. The fraction of sp³-hybridized carbons (Fsp3) is 0.312. The second-order valence-corrected chi connectivity index (χ2v) is 5.26. The zero-order valence-corrected chi connectivity index (χ0v) is 14.1. The molecule has 0 radical (unpaired) electrons. The number of carbonyl (C=O) groups is 1. The smallest absolute Gasteiger partial charge is 0.255 e.